The number of ether oxygens (including phenoxy) is 1. The Labute approximate surface area is 77.6 Å². The molecule has 0 unspecified atom stereocenters. The molecule has 74 valence electrons. The van der Waals surface area contributed by atoms with Gasteiger partial charge in [0.25, 0.3) is 0 Å². The fourth-order valence-electron chi connectivity index (χ4n) is 1.24. The maximum absolute atomic E-state index is 11.3. The minimum absolute atomic E-state index is 0.0239. The number of carbonyl (C=O) groups is 2. The van der Waals surface area contributed by atoms with Gasteiger partial charge in [-0.05, 0) is 19.8 Å². The second-order valence-electron chi connectivity index (χ2n) is 3.38. The summed E-state index contributed by atoms with van der Waals surface area (Å²) in [6.45, 7) is 1.63. The molecule has 0 bridgehead atoms. The second-order valence-corrected chi connectivity index (χ2v) is 3.38. The topological polar surface area (TPSA) is 55.4 Å². The Bertz CT molecular complexity index is 211. The first-order chi connectivity index (χ1) is 6.15. The fraction of sp³-hybridized carbons (Fsp3) is 0.778. The molecule has 1 aliphatic carbocycles. The van der Waals surface area contributed by atoms with Crippen LogP contribution < -0.4 is 5.32 Å². The summed E-state index contributed by atoms with van der Waals surface area (Å²) in [6, 6.07) is -0.530. The predicted molar refractivity (Wildman–Crippen MR) is 47.0 cm³/mol. The van der Waals surface area contributed by atoms with E-state index in [1.165, 1.54) is 7.11 Å². The third-order valence-corrected chi connectivity index (χ3v) is 2.39. The molecule has 1 rings (SSSR count). The summed E-state index contributed by atoms with van der Waals surface area (Å²) >= 11 is 0. The summed E-state index contributed by atoms with van der Waals surface area (Å²) in [4.78, 5) is 22.3. The standard InChI is InChI=1S/C9H15NO3/c1-6(9(12)13-2)10-8(11)7-4-3-5-7/h6-7H,3-5H2,1-2H3,(H,10,11)/t6-/m0/s1. The summed E-state index contributed by atoms with van der Waals surface area (Å²) in [5, 5.41) is 2.62. The minimum atomic E-state index is -0.530. The summed E-state index contributed by atoms with van der Waals surface area (Å²) in [5.41, 5.74) is 0. The van der Waals surface area contributed by atoms with E-state index in [0.717, 1.165) is 19.3 Å². The van der Waals surface area contributed by atoms with Crippen LogP contribution in [0.2, 0.25) is 0 Å². The number of hydrogen-bond acceptors (Lipinski definition) is 3. The molecule has 1 N–H and O–H groups in total. The van der Waals surface area contributed by atoms with Crippen LogP contribution in [0, 0.1) is 5.92 Å². The molecular formula is C9H15NO3. The van der Waals surface area contributed by atoms with Gasteiger partial charge in [-0.15, -0.1) is 0 Å². The lowest BCUT2D eigenvalue weighted by atomic mass is 9.84. The van der Waals surface area contributed by atoms with Crippen molar-refractivity contribution >= 4 is 11.9 Å². The van der Waals surface area contributed by atoms with E-state index in [1.807, 2.05) is 0 Å². The van der Waals surface area contributed by atoms with Crippen molar-refractivity contribution in [3.05, 3.63) is 0 Å². The number of carbonyl (C=O) groups excluding carboxylic acids is 2. The Kier molecular flexibility index (Phi) is 3.28. The fourth-order valence-corrected chi connectivity index (χ4v) is 1.24. The molecule has 0 saturated heterocycles. The summed E-state index contributed by atoms with van der Waals surface area (Å²) < 4.78 is 4.49. The van der Waals surface area contributed by atoms with Crippen LogP contribution in [-0.4, -0.2) is 25.0 Å². The second kappa shape index (κ2) is 4.25. The highest BCUT2D eigenvalue weighted by atomic mass is 16.5. The number of nitrogens with one attached hydrogen (secondary N) is 1. The maximum Gasteiger partial charge on any atom is 0.328 e. The Morgan fingerprint density at radius 2 is 2.08 bits per heavy atom. The van der Waals surface area contributed by atoms with Crippen LogP contribution in [0.4, 0.5) is 0 Å². The van der Waals surface area contributed by atoms with E-state index in [4.69, 9.17) is 0 Å². The number of rotatable bonds is 3. The van der Waals surface area contributed by atoms with Crippen molar-refractivity contribution in [1.82, 2.24) is 5.32 Å². The summed E-state index contributed by atoms with van der Waals surface area (Å²) in [6.07, 6.45) is 3.00. The van der Waals surface area contributed by atoms with Gasteiger partial charge in [-0.25, -0.2) is 4.79 Å². The van der Waals surface area contributed by atoms with Crippen molar-refractivity contribution in [3.63, 3.8) is 0 Å². The van der Waals surface area contributed by atoms with Gasteiger partial charge in [-0.2, -0.15) is 0 Å². The van der Waals surface area contributed by atoms with E-state index in [-0.39, 0.29) is 11.8 Å². The van der Waals surface area contributed by atoms with E-state index in [2.05, 4.69) is 10.1 Å². The molecule has 0 radical (unpaired) electrons. The molecule has 0 heterocycles. The molecule has 4 heteroatoms. The third-order valence-electron chi connectivity index (χ3n) is 2.39. The molecule has 0 aromatic rings. The largest absolute Gasteiger partial charge is 0.467 e. The first-order valence-electron chi connectivity index (χ1n) is 4.53. The first-order valence-corrected chi connectivity index (χ1v) is 4.53. The van der Waals surface area contributed by atoms with Crippen molar-refractivity contribution in [2.45, 2.75) is 32.2 Å². The van der Waals surface area contributed by atoms with Crippen molar-refractivity contribution < 1.29 is 14.3 Å². The molecule has 0 aromatic carbocycles. The van der Waals surface area contributed by atoms with Crippen LogP contribution in [0.25, 0.3) is 0 Å². The summed E-state index contributed by atoms with van der Waals surface area (Å²) in [7, 11) is 1.31. The normalized spacial score (nSPS) is 18.6. The zero-order valence-electron chi connectivity index (χ0n) is 8.00. The molecule has 1 saturated carbocycles. The summed E-state index contributed by atoms with van der Waals surface area (Å²) in [5.74, 6) is -0.302. The molecule has 0 aliphatic heterocycles. The number of amides is 1. The van der Waals surface area contributed by atoms with Crippen molar-refractivity contribution in [2.75, 3.05) is 7.11 Å². The quantitative estimate of drug-likeness (QED) is 0.650. The molecule has 1 fully saturated rings. The average molecular weight is 185 g/mol. The van der Waals surface area contributed by atoms with E-state index in [9.17, 15) is 9.59 Å². The van der Waals surface area contributed by atoms with Gasteiger partial charge in [-0.3, -0.25) is 4.79 Å². The number of esters is 1. The highest BCUT2D eigenvalue weighted by Gasteiger charge is 2.27. The van der Waals surface area contributed by atoms with Crippen LogP contribution in [0.5, 0.6) is 0 Å². The number of hydrogen-bond donors (Lipinski definition) is 1. The van der Waals surface area contributed by atoms with Crippen LogP contribution in [0.15, 0.2) is 0 Å². The minimum Gasteiger partial charge on any atom is -0.467 e. The van der Waals surface area contributed by atoms with E-state index >= 15 is 0 Å². The van der Waals surface area contributed by atoms with Gasteiger partial charge in [-0.1, -0.05) is 6.42 Å². The van der Waals surface area contributed by atoms with Crippen LogP contribution in [0.1, 0.15) is 26.2 Å². The molecule has 1 aliphatic rings. The molecule has 0 aromatic heterocycles. The lowest BCUT2D eigenvalue weighted by Gasteiger charge is -2.25. The van der Waals surface area contributed by atoms with Gasteiger partial charge < -0.3 is 10.1 Å². The first kappa shape index (κ1) is 10.0. The molecular weight excluding hydrogens is 170 g/mol. The van der Waals surface area contributed by atoms with Gasteiger partial charge in [0.15, 0.2) is 0 Å². The molecule has 0 spiro atoms. The van der Waals surface area contributed by atoms with E-state index in [1.54, 1.807) is 6.92 Å². The Balaban J connectivity index is 2.30. The highest BCUT2D eigenvalue weighted by Crippen LogP contribution is 2.26. The van der Waals surface area contributed by atoms with Gasteiger partial charge in [0.05, 0.1) is 7.11 Å². The van der Waals surface area contributed by atoms with Crippen molar-refractivity contribution in [3.8, 4) is 0 Å². The smallest absolute Gasteiger partial charge is 0.328 e. The molecule has 4 nitrogen and oxygen atoms in total. The van der Waals surface area contributed by atoms with Gasteiger partial charge >= 0.3 is 5.97 Å². The van der Waals surface area contributed by atoms with Crippen LogP contribution in [-0.2, 0) is 14.3 Å². The van der Waals surface area contributed by atoms with E-state index in [0.29, 0.717) is 0 Å². The van der Waals surface area contributed by atoms with Gasteiger partial charge in [0.2, 0.25) is 5.91 Å². The molecule has 1 amide bonds. The van der Waals surface area contributed by atoms with Crippen molar-refractivity contribution in [1.29, 1.82) is 0 Å². The predicted octanol–water partition coefficient (Wildman–Crippen LogP) is 0.464. The Morgan fingerprint density at radius 3 is 2.46 bits per heavy atom. The lowest BCUT2D eigenvalue weighted by Crippen LogP contribution is -2.43. The van der Waals surface area contributed by atoms with Crippen molar-refractivity contribution in [2.24, 2.45) is 5.92 Å². The Hall–Kier alpha value is -1.06. The van der Waals surface area contributed by atoms with Crippen LogP contribution in [0.3, 0.4) is 0 Å². The van der Waals surface area contributed by atoms with Gasteiger partial charge in [0.1, 0.15) is 6.04 Å². The monoisotopic (exact) mass is 185 g/mol. The maximum atomic E-state index is 11.3. The molecule has 1 atom stereocenters. The SMILES string of the molecule is COC(=O)[C@H](C)NC(=O)C1CCC1. The van der Waals surface area contributed by atoms with Crippen LogP contribution >= 0.6 is 0 Å². The third kappa shape index (κ3) is 2.44. The highest BCUT2D eigenvalue weighted by molar-refractivity contribution is 5.85. The Morgan fingerprint density at radius 1 is 1.46 bits per heavy atom. The lowest BCUT2D eigenvalue weighted by molar-refractivity contribution is -0.145. The zero-order valence-corrected chi connectivity index (χ0v) is 8.00. The average Bonchev–Trinajstić information content (AvgIpc) is 1.99. The van der Waals surface area contributed by atoms with E-state index < -0.39 is 12.0 Å². The van der Waals surface area contributed by atoms with Gasteiger partial charge in [0, 0.05) is 5.92 Å². The molecule has 13 heavy (non-hydrogen) atoms. The number of methoxy groups -OCH3 is 1. The zero-order chi connectivity index (χ0) is 9.84.